The number of para-hydroxylation sites is 1. The average molecular weight is 260 g/mol. The summed E-state index contributed by atoms with van der Waals surface area (Å²) < 4.78 is 10.7. The van der Waals surface area contributed by atoms with Crippen molar-refractivity contribution in [2.45, 2.75) is 31.8 Å². The molecule has 1 fully saturated rings. The smallest absolute Gasteiger partial charge is 0.231 e. The second kappa shape index (κ2) is 5.40. The van der Waals surface area contributed by atoms with Crippen molar-refractivity contribution in [2.75, 3.05) is 6.61 Å². The Kier molecular flexibility index (Phi) is 3.46. The molecule has 5 nitrogen and oxygen atoms in total. The minimum atomic E-state index is 0.218. The quantitative estimate of drug-likeness (QED) is 0.911. The highest BCUT2D eigenvalue weighted by molar-refractivity contribution is 5.33. The largest absolute Gasteiger partial charge is 0.508 e. The van der Waals surface area contributed by atoms with E-state index in [0.717, 1.165) is 25.0 Å². The Morgan fingerprint density at radius 2 is 2.21 bits per heavy atom. The van der Waals surface area contributed by atoms with E-state index in [1.165, 1.54) is 0 Å². The summed E-state index contributed by atoms with van der Waals surface area (Å²) in [5.41, 5.74) is 0.787. The molecule has 5 heteroatoms. The zero-order valence-corrected chi connectivity index (χ0v) is 10.6. The minimum Gasteiger partial charge on any atom is -0.508 e. The number of hydrogen-bond acceptors (Lipinski definition) is 5. The van der Waals surface area contributed by atoms with Crippen LogP contribution in [0.2, 0.25) is 0 Å². The van der Waals surface area contributed by atoms with E-state index in [2.05, 4.69) is 10.1 Å². The normalized spacial score (nSPS) is 18.8. The van der Waals surface area contributed by atoms with Crippen LogP contribution in [0.4, 0.5) is 0 Å². The fourth-order valence-corrected chi connectivity index (χ4v) is 2.28. The van der Waals surface area contributed by atoms with Gasteiger partial charge in [0, 0.05) is 18.6 Å². The van der Waals surface area contributed by atoms with E-state index in [-0.39, 0.29) is 11.9 Å². The Hall–Kier alpha value is -1.88. The fourth-order valence-electron chi connectivity index (χ4n) is 2.28. The number of aromatic nitrogens is 2. The Morgan fingerprint density at radius 3 is 3.00 bits per heavy atom. The second-order valence-corrected chi connectivity index (χ2v) is 4.75. The van der Waals surface area contributed by atoms with Crippen molar-refractivity contribution in [1.82, 2.24) is 10.1 Å². The zero-order chi connectivity index (χ0) is 13.1. The molecule has 0 spiro atoms. The van der Waals surface area contributed by atoms with E-state index < -0.39 is 0 Å². The summed E-state index contributed by atoms with van der Waals surface area (Å²) in [5.74, 6) is 1.45. The molecule has 1 aliphatic rings. The summed E-state index contributed by atoms with van der Waals surface area (Å²) in [4.78, 5) is 4.34. The molecule has 19 heavy (non-hydrogen) atoms. The van der Waals surface area contributed by atoms with Gasteiger partial charge in [0.05, 0.1) is 12.5 Å². The van der Waals surface area contributed by atoms with Crippen LogP contribution in [0.1, 0.15) is 30.1 Å². The van der Waals surface area contributed by atoms with Crippen molar-refractivity contribution >= 4 is 0 Å². The molecule has 1 aromatic heterocycles. The van der Waals surface area contributed by atoms with Crippen LogP contribution in [0.5, 0.6) is 5.75 Å². The van der Waals surface area contributed by atoms with Crippen molar-refractivity contribution in [1.29, 1.82) is 0 Å². The Morgan fingerprint density at radius 1 is 1.32 bits per heavy atom. The first-order chi connectivity index (χ1) is 9.31. The van der Waals surface area contributed by atoms with Crippen LogP contribution in [0.15, 0.2) is 28.8 Å². The third-order valence-corrected chi connectivity index (χ3v) is 3.28. The molecular formula is C14H16N2O3. The van der Waals surface area contributed by atoms with Crippen LogP contribution in [-0.4, -0.2) is 28.0 Å². The van der Waals surface area contributed by atoms with Gasteiger partial charge in [-0.2, -0.15) is 4.98 Å². The number of ether oxygens (including phenoxy) is 1. The summed E-state index contributed by atoms with van der Waals surface area (Å²) in [6.45, 7) is 0.827. The molecule has 1 aliphatic heterocycles. The van der Waals surface area contributed by atoms with Gasteiger partial charge in [-0.3, -0.25) is 0 Å². The fraction of sp³-hybridized carbons (Fsp3) is 0.429. The van der Waals surface area contributed by atoms with Crippen LogP contribution in [-0.2, 0) is 17.6 Å². The van der Waals surface area contributed by atoms with Crippen molar-refractivity contribution in [3.05, 3.63) is 41.5 Å². The van der Waals surface area contributed by atoms with Crippen LogP contribution >= 0.6 is 0 Å². The molecule has 1 N–H and O–H groups in total. The SMILES string of the molecule is Oc1ccccc1Cc1nc(CC2CCCO2)no1. The lowest BCUT2D eigenvalue weighted by atomic mass is 10.1. The van der Waals surface area contributed by atoms with Gasteiger partial charge in [-0.15, -0.1) is 0 Å². The van der Waals surface area contributed by atoms with Crippen molar-refractivity contribution < 1.29 is 14.4 Å². The number of aromatic hydroxyl groups is 1. The lowest BCUT2D eigenvalue weighted by Gasteiger charge is -2.03. The summed E-state index contributed by atoms with van der Waals surface area (Å²) in [6.07, 6.45) is 3.53. The highest BCUT2D eigenvalue weighted by atomic mass is 16.5. The topological polar surface area (TPSA) is 68.4 Å². The molecule has 1 saturated heterocycles. The van der Waals surface area contributed by atoms with Gasteiger partial charge in [0.15, 0.2) is 5.82 Å². The molecule has 2 aromatic rings. The van der Waals surface area contributed by atoms with E-state index in [0.29, 0.717) is 24.6 Å². The summed E-state index contributed by atoms with van der Waals surface area (Å²) in [5, 5.41) is 13.7. The predicted molar refractivity (Wildman–Crippen MR) is 67.9 cm³/mol. The summed E-state index contributed by atoms with van der Waals surface area (Å²) >= 11 is 0. The summed E-state index contributed by atoms with van der Waals surface area (Å²) in [6, 6.07) is 7.16. The molecule has 1 atom stereocenters. The van der Waals surface area contributed by atoms with Crippen LogP contribution < -0.4 is 0 Å². The Bertz CT molecular complexity index is 547. The molecular weight excluding hydrogens is 244 g/mol. The van der Waals surface area contributed by atoms with Gasteiger partial charge in [0.25, 0.3) is 0 Å². The molecule has 3 rings (SSSR count). The lowest BCUT2D eigenvalue weighted by Crippen LogP contribution is -2.09. The Labute approximate surface area is 111 Å². The van der Waals surface area contributed by atoms with E-state index in [1.807, 2.05) is 12.1 Å². The molecule has 0 amide bonds. The van der Waals surface area contributed by atoms with Crippen LogP contribution in [0, 0.1) is 0 Å². The first-order valence-corrected chi connectivity index (χ1v) is 6.51. The highest BCUT2D eigenvalue weighted by Gasteiger charge is 2.19. The number of rotatable bonds is 4. The van der Waals surface area contributed by atoms with Gasteiger partial charge in [0.2, 0.25) is 5.89 Å². The van der Waals surface area contributed by atoms with E-state index in [1.54, 1.807) is 12.1 Å². The first-order valence-electron chi connectivity index (χ1n) is 6.51. The molecule has 0 bridgehead atoms. The molecule has 0 aliphatic carbocycles. The molecule has 100 valence electrons. The van der Waals surface area contributed by atoms with Gasteiger partial charge in [0.1, 0.15) is 5.75 Å². The zero-order valence-electron chi connectivity index (χ0n) is 10.6. The number of nitrogens with zero attached hydrogens (tertiary/aromatic N) is 2. The monoisotopic (exact) mass is 260 g/mol. The Balaban J connectivity index is 1.66. The van der Waals surface area contributed by atoms with E-state index >= 15 is 0 Å². The highest BCUT2D eigenvalue weighted by Crippen LogP contribution is 2.20. The van der Waals surface area contributed by atoms with E-state index in [4.69, 9.17) is 9.26 Å². The van der Waals surface area contributed by atoms with Gasteiger partial charge >= 0.3 is 0 Å². The number of hydrogen-bond donors (Lipinski definition) is 1. The van der Waals surface area contributed by atoms with Gasteiger partial charge in [-0.05, 0) is 18.9 Å². The third-order valence-electron chi connectivity index (χ3n) is 3.28. The maximum atomic E-state index is 9.70. The second-order valence-electron chi connectivity index (χ2n) is 4.75. The van der Waals surface area contributed by atoms with Gasteiger partial charge in [-0.1, -0.05) is 23.4 Å². The minimum absolute atomic E-state index is 0.218. The maximum Gasteiger partial charge on any atom is 0.231 e. The van der Waals surface area contributed by atoms with E-state index in [9.17, 15) is 5.11 Å². The van der Waals surface area contributed by atoms with Gasteiger partial charge in [-0.25, -0.2) is 0 Å². The molecule has 1 aromatic carbocycles. The van der Waals surface area contributed by atoms with Crippen molar-refractivity contribution in [2.24, 2.45) is 0 Å². The van der Waals surface area contributed by atoms with Crippen molar-refractivity contribution in [3.8, 4) is 5.75 Å². The molecule has 0 radical (unpaired) electrons. The standard InChI is InChI=1S/C14H16N2O3/c17-12-6-2-1-4-10(12)8-14-15-13(16-19-14)9-11-5-3-7-18-11/h1-2,4,6,11,17H,3,5,7-9H2. The average Bonchev–Trinajstić information content (AvgIpc) is 3.05. The first kappa shape index (κ1) is 12.2. The molecule has 0 saturated carbocycles. The maximum absolute atomic E-state index is 9.70. The lowest BCUT2D eigenvalue weighted by molar-refractivity contribution is 0.109. The number of phenolic OH excluding ortho intramolecular Hbond substituents is 1. The summed E-state index contributed by atoms with van der Waals surface area (Å²) in [7, 11) is 0. The number of benzene rings is 1. The third kappa shape index (κ3) is 2.93. The predicted octanol–water partition coefficient (Wildman–Crippen LogP) is 2.09. The molecule has 1 unspecified atom stereocenters. The van der Waals surface area contributed by atoms with Crippen LogP contribution in [0.25, 0.3) is 0 Å². The molecule has 2 heterocycles. The number of phenols is 1. The van der Waals surface area contributed by atoms with Gasteiger partial charge < -0.3 is 14.4 Å². The van der Waals surface area contributed by atoms with Crippen molar-refractivity contribution in [3.63, 3.8) is 0 Å². The van der Waals surface area contributed by atoms with Crippen LogP contribution in [0.3, 0.4) is 0 Å².